The maximum Gasteiger partial charge on any atom is 0.161 e. The van der Waals surface area contributed by atoms with Crippen LogP contribution in [0.5, 0.6) is 0 Å². The van der Waals surface area contributed by atoms with E-state index in [1.165, 1.54) is 4.90 Å². The van der Waals surface area contributed by atoms with Gasteiger partial charge in [0, 0.05) is 16.3 Å². The number of benzene rings is 1. The van der Waals surface area contributed by atoms with Crippen LogP contribution in [0.4, 0.5) is 5.69 Å². The predicted octanol–water partition coefficient (Wildman–Crippen LogP) is 4.48. The van der Waals surface area contributed by atoms with Crippen LogP contribution in [0.3, 0.4) is 0 Å². The van der Waals surface area contributed by atoms with Gasteiger partial charge >= 0.3 is 0 Å². The molecule has 0 saturated heterocycles. The van der Waals surface area contributed by atoms with E-state index in [0.29, 0.717) is 0 Å². The highest BCUT2D eigenvalue weighted by atomic mass is 32.2. The van der Waals surface area contributed by atoms with Crippen molar-refractivity contribution in [1.82, 2.24) is 0 Å². The van der Waals surface area contributed by atoms with E-state index in [2.05, 4.69) is 49.7 Å². The SMILES string of the molecule is CCC1(CC)CSC(Nc2ccc(SC)cc2)=N1. The molecule has 0 spiro atoms. The second-order valence-corrected chi connectivity index (χ2v) is 6.33. The van der Waals surface area contributed by atoms with E-state index in [0.717, 1.165) is 29.4 Å². The molecule has 18 heavy (non-hydrogen) atoms. The van der Waals surface area contributed by atoms with Gasteiger partial charge in [-0.1, -0.05) is 25.6 Å². The largest absolute Gasteiger partial charge is 0.335 e. The lowest BCUT2D eigenvalue weighted by atomic mass is 9.97. The number of hydrogen-bond acceptors (Lipinski definition) is 4. The van der Waals surface area contributed by atoms with Crippen molar-refractivity contribution in [1.29, 1.82) is 0 Å². The molecule has 1 aromatic carbocycles. The number of anilines is 1. The predicted molar refractivity (Wildman–Crippen MR) is 85.1 cm³/mol. The molecule has 0 aliphatic carbocycles. The molecule has 0 aromatic heterocycles. The number of amidine groups is 1. The Bertz CT molecular complexity index is 422. The summed E-state index contributed by atoms with van der Waals surface area (Å²) in [6.07, 6.45) is 4.33. The fourth-order valence-corrected chi connectivity index (χ4v) is 3.69. The molecule has 1 N–H and O–H groups in total. The van der Waals surface area contributed by atoms with E-state index in [-0.39, 0.29) is 5.54 Å². The van der Waals surface area contributed by atoms with Crippen LogP contribution in [0.15, 0.2) is 34.2 Å². The highest BCUT2D eigenvalue weighted by Gasteiger charge is 2.31. The molecule has 1 aliphatic heterocycles. The van der Waals surface area contributed by atoms with E-state index in [1.807, 2.05) is 11.8 Å². The molecular weight excluding hydrogens is 260 g/mol. The van der Waals surface area contributed by atoms with Crippen molar-refractivity contribution in [2.24, 2.45) is 4.99 Å². The fourth-order valence-electron chi connectivity index (χ4n) is 1.96. The van der Waals surface area contributed by atoms with E-state index >= 15 is 0 Å². The van der Waals surface area contributed by atoms with Crippen LogP contribution in [0.1, 0.15) is 26.7 Å². The normalized spacial score (nSPS) is 17.6. The third kappa shape index (κ3) is 3.04. The van der Waals surface area contributed by atoms with Crippen LogP contribution >= 0.6 is 23.5 Å². The van der Waals surface area contributed by atoms with Gasteiger partial charge in [-0.25, -0.2) is 0 Å². The van der Waals surface area contributed by atoms with Gasteiger partial charge in [0.15, 0.2) is 5.17 Å². The summed E-state index contributed by atoms with van der Waals surface area (Å²) in [6, 6.07) is 8.51. The molecule has 0 unspecified atom stereocenters. The van der Waals surface area contributed by atoms with Crippen LogP contribution in [0, 0.1) is 0 Å². The lowest BCUT2D eigenvalue weighted by molar-refractivity contribution is 0.456. The van der Waals surface area contributed by atoms with E-state index in [1.54, 1.807) is 11.8 Å². The van der Waals surface area contributed by atoms with Gasteiger partial charge in [0.1, 0.15) is 0 Å². The zero-order valence-electron chi connectivity index (χ0n) is 11.2. The Balaban J connectivity index is 2.05. The highest BCUT2D eigenvalue weighted by Crippen LogP contribution is 2.33. The highest BCUT2D eigenvalue weighted by molar-refractivity contribution is 8.14. The number of rotatable bonds is 4. The molecule has 1 aliphatic rings. The fraction of sp³-hybridized carbons (Fsp3) is 0.500. The molecular formula is C14H20N2S2. The molecule has 2 nitrogen and oxygen atoms in total. The summed E-state index contributed by atoms with van der Waals surface area (Å²) in [7, 11) is 0. The molecule has 0 atom stereocenters. The Morgan fingerprint density at radius 2 is 1.94 bits per heavy atom. The van der Waals surface area contributed by atoms with Gasteiger partial charge in [-0.3, -0.25) is 4.99 Å². The minimum Gasteiger partial charge on any atom is -0.335 e. The number of thioether (sulfide) groups is 2. The molecule has 4 heteroatoms. The van der Waals surface area contributed by atoms with Crippen molar-refractivity contribution in [3.05, 3.63) is 24.3 Å². The van der Waals surface area contributed by atoms with Gasteiger partial charge < -0.3 is 5.32 Å². The van der Waals surface area contributed by atoms with Crippen LogP contribution in [-0.2, 0) is 0 Å². The van der Waals surface area contributed by atoms with Gasteiger partial charge in [-0.15, -0.1) is 11.8 Å². The summed E-state index contributed by atoms with van der Waals surface area (Å²) in [6.45, 7) is 4.45. The maximum absolute atomic E-state index is 4.86. The van der Waals surface area contributed by atoms with Gasteiger partial charge in [0.25, 0.3) is 0 Å². The topological polar surface area (TPSA) is 24.4 Å². The molecule has 0 radical (unpaired) electrons. The number of aliphatic imine (C=N–C) groups is 1. The van der Waals surface area contributed by atoms with E-state index < -0.39 is 0 Å². The lowest BCUT2D eigenvalue weighted by Gasteiger charge is -2.20. The van der Waals surface area contributed by atoms with Crippen molar-refractivity contribution in [2.45, 2.75) is 37.1 Å². The van der Waals surface area contributed by atoms with Crippen molar-refractivity contribution in [2.75, 3.05) is 17.3 Å². The van der Waals surface area contributed by atoms with Gasteiger partial charge in [-0.2, -0.15) is 0 Å². The van der Waals surface area contributed by atoms with Crippen LogP contribution in [0.25, 0.3) is 0 Å². The second-order valence-electron chi connectivity index (χ2n) is 4.49. The quantitative estimate of drug-likeness (QED) is 0.823. The molecule has 0 bridgehead atoms. The minimum atomic E-state index is 0.159. The number of hydrogen-bond donors (Lipinski definition) is 1. The number of nitrogens with one attached hydrogen (secondary N) is 1. The molecule has 1 heterocycles. The maximum atomic E-state index is 4.86. The zero-order chi connectivity index (χ0) is 13.0. The standard InChI is InChI=1S/C14H20N2S2/c1-4-14(5-2)10-18-13(16-14)15-11-6-8-12(17-3)9-7-11/h6-9H,4-5,10H2,1-3H3,(H,15,16). The average molecular weight is 280 g/mol. The smallest absolute Gasteiger partial charge is 0.161 e. The van der Waals surface area contributed by atoms with Crippen LogP contribution in [-0.4, -0.2) is 22.7 Å². The summed E-state index contributed by atoms with van der Waals surface area (Å²) in [5, 5.41) is 4.48. The third-order valence-electron chi connectivity index (χ3n) is 3.47. The zero-order valence-corrected chi connectivity index (χ0v) is 12.8. The van der Waals surface area contributed by atoms with Crippen molar-refractivity contribution in [3.8, 4) is 0 Å². The first-order valence-corrected chi connectivity index (χ1v) is 8.56. The van der Waals surface area contributed by atoms with Crippen LogP contribution < -0.4 is 5.32 Å². The first-order chi connectivity index (χ1) is 8.71. The van der Waals surface area contributed by atoms with Gasteiger partial charge in [-0.05, 0) is 43.4 Å². The van der Waals surface area contributed by atoms with Crippen molar-refractivity contribution >= 4 is 34.4 Å². The Hall–Kier alpha value is -0.610. The van der Waals surface area contributed by atoms with Gasteiger partial charge in [0.05, 0.1) is 5.54 Å². The average Bonchev–Trinajstić information content (AvgIpc) is 2.84. The summed E-state index contributed by atoms with van der Waals surface area (Å²) in [5.74, 6) is 1.10. The van der Waals surface area contributed by atoms with Crippen molar-refractivity contribution in [3.63, 3.8) is 0 Å². The summed E-state index contributed by atoms with van der Waals surface area (Å²) in [5.41, 5.74) is 1.29. The van der Waals surface area contributed by atoms with Gasteiger partial charge in [0.2, 0.25) is 0 Å². The molecule has 0 fully saturated rings. The molecule has 0 saturated carbocycles. The summed E-state index contributed by atoms with van der Waals surface area (Å²) < 4.78 is 0. The summed E-state index contributed by atoms with van der Waals surface area (Å²) >= 11 is 3.60. The van der Waals surface area contributed by atoms with E-state index in [4.69, 9.17) is 4.99 Å². The Labute approximate surface area is 118 Å². The van der Waals surface area contributed by atoms with E-state index in [9.17, 15) is 0 Å². The Morgan fingerprint density at radius 1 is 1.28 bits per heavy atom. The lowest BCUT2D eigenvalue weighted by Crippen LogP contribution is -2.24. The minimum absolute atomic E-state index is 0.159. The Kier molecular flexibility index (Phi) is 4.62. The summed E-state index contributed by atoms with van der Waals surface area (Å²) in [4.78, 5) is 6.15. The molecule has 98 valence electrons. The first-order valence-electron chi connectivity index (χ1n) is 6.35. The number of nitrogens with zero attached hydrogens (tertiary/aromatic N) is 1. The van der Waals surface area contributed by atoms with Crippen LogP contribution in [0.2, 0.25) is 0 Å². The first kappa shape index (κ1) is 13.8. The molecule has 2 rings (SSSR count). The monoisotopic (exact) mass is 280 g/mol. The third-order valence-corrected chi connectivity index (χ3v) is 5.37. The molecule has 0 amide bonds. The Morgan fingerprint density at radius 3 is 2.44 bits per heavy atom. The second kappa shape index (κ2) is 6.02. The molecule has 1 aromatic rings. The van der Waals surface area contributed by atoms with Crippen molar-refractivity contribution < 1.29 is 0 Å².